The Morgan fingerprint density at radius 3 is 2.74 bits per heavy atom. The number of allylic oxidation sites excluding steroid dienone is 1. The van der Waals surface area contributed by atoms with Gasteiger partial charge in [-0.15, -0.1) is 0 Å². The fourth-order valence-electron chi connectivity index (χ4n) is 3.59. The number of carboxylic acids is 1. The summed E-state index contributed by atoms with van der Waals surface area (Å²) in [6.45, 7) is 3.24. The van der Waals surface area contributed by atoms with Gasteiger partial charge in [-0.3, -0.25) is 9.79 Å². The second-order valence-corrected chi connectivity index (χ2v) is 7.20. The van der Waals surface area contributed by atoms with Crippen molar-refractivity contribution < 1.29 is 14.7 Å². The zero-order valence-corrected chi connectivity index (χ0v) is 15.6. The molecule has 1 amide bonds. The van der Waals surface area contributed by atoms with E-state index in [9.17, 15) is 9.59 Å². The second kappa shape index (κ2) is 9.35. The molecular weight excluding hydrogens is 342 g/mol. The van der Waals surface area contributed by atoms with Crippen molar-refractivity contribution in [2.45, 2.75) is 32.1 Å². The minimum absolute atomic E-state index is 0.140. The van der Waals surface area contributed by atoms with Gasteiger partial charge in [0.25, 0.3) is 0 Å². The highest BCUT2D eigenvalue weighted by atomic mass is 16.4. The molecule has 3 rings (SSSR count). The normalized spacial score (nSPS) is 18.2. The average Bonchev–Trinajstić information content (AvgIpc) is 2.68. The number of likely N-dealkylation sites (tertiary alicyclic amines) is 1. The summed E-state index contributed by atoms with van der Waals surface area (Å²) in [5.41, 5.74) is 2.20. The molecule has 144 valence electrons. The zero-order valence-electron chi connectivity index (χ0n) is 15.6. The van der Waals surface area contributed by atoms with Gasteiger partial charge in [0.05, 0.1) is 6.42 Å². The summed E-state index contributed by atoms with van der Waals surface area (Å²) in [7, 11) is 0. The predicted molar refractivity (Wildman–Crippen MR) is 105 cm³/mol. The molecule has 1 saturated heterocycles. The van der Waals surface area contributed by atoms with Gasteiger partial charge in [0.2, 0.25) is 5.91 Å². The number of nitrogens with one attached hydrogen (secondary N) is 1. The van der Waals surface area contributed by atoms with E-state index < -0.39 is 5.97 Å². The third-order valence-corrected chi connectivity index (χ3v) is 5.09. The Balaban J connectivity index is 1.51. The van der Waals surface area contributed by atoms with Crippen LogP contribution in [0.4, 0.5) is 0 Å². The van der Waals surface area contributed by atoms with Crippen LogP contribution >= 0.6 is 0 Å². The predicted octanol–water partition coefficient (Wildman–Crippen LogP) is 2.04. The van der Waals surface area contributed by atoms with Crippen LogP contribution in [0.2, 0.25) is 0 Å². The van der Waals surface area contributed by atoms with E-state index in [1.54, 1.807) is 6.08 Å². The van der Waals surface area contributed by atoms with E-state index in [1.165, 1.54) is 11.6 Å². The number of carboxylic acid groups (broad SMARTS) is 1. The Bertz CT molecular complexity index is 734. The van der Waals surface area contributed by atoms with Crippen molar-refractivity contribution in [3.05, 3.63) is 47.5 Å². The molecule has 2 N–H and O–H groups in total. The minimum Gasteiger partial charge on any atom is -0.478 e. The van der Waals surface area contributed by atoms with E-state index in [2.05, 4.69) is 22.4 Å². The van der Waals surface area contributed by atoms with Gasteiger partial charge in [-0.2, -0.15) is 0 Å². The molecule has 0 spiro atoms. The van der Waals surface area contributed by atoms with Gasteiger partial charge >= 0.3 is 5.97 Å². The Morgan fingerprint density at radius 1 is 1.26 bits per heavy atom. The lowest BCUT2D eigenvalue weighted by Crippen LogP contribution is -2.39. The molecule has 0 aliphatic carbocycles. The van der Waals surface area contributed by atoms with Crippen LogP contribution in [-0.4, -0.2) is 53.9 Å². The molecule has 1 aromatic carbocycles. The summed E-state index contributed by atoms with van der Waals surface area (Å²) in [4.78, 5) is 29.6. The molecule has 2 aliphatic rings. The van der Waals surface area contributed by atoms with E-state index in [1.807, 2.05) is 17.0 Å². The van der Waals surface area contributed by atoms with E-state index in [4.69, 9.17) is 5.11 Å². The van der Waals surface area contributed by atoms with Gasteiger partial charge in [0, 0.05) is 38.7 Å². The molecule has 27 heavy (non-hydrogen) atoms. The number of aliphatic carboxylic acids is 1. The number of nitrogens with zero attached hydrogens (tertiary/aromatic N) is 2. The maximum atomic E-state index is 12.6. The van der Waals surface area contributed by atoms with E-state index in [0.717, 1.165) is 50.2 Å². The molecule has 0 radical (unpaired) electrons. The second-order valence-electron chi connectivity index (χ2n) is 7.20. The highest BCUT2D eigenvalue weighted by Gasteiger charge is 2.21. The number of rotatable bonds is 6. The highest BCUT2D eigenvalue weighted by molar-refractivity contribution is 5.85. The van der Waals surface area contributed by atoms with Gasteiger partial charge in [0.15, 0.2) is 0 Å². The maximum Gasteiger partial charge on any atom is 0.327 e. The zero-order chi connectivity index (χ0) is 19.1. The van der Waals surface area contributed by atoms with Crippen LogP contribution in [0, 0.1) is 5.92 Å². The van der Waals surface area contributed by atoms with Crippen LogP contribution in [0.15, 0.2) is 41.4 Å². The number of carbonyl (C=O) groups excluding carboxylic acids is 1. The summed E-state index contributed by atoms with van der Waals surface area (Å²) in [6.07, 6.45) is 6.87. The van der Waals surface area contributed by atoms with Crippen LogP contribution < -0.4 is 5.32 Å². The molecular formula is C21H27N3O3. The van der Waals surface area contributed by atoms with Gasteiger partial charge in [-0.05, 0) is 36.3 Å². The van der Waals surface area contributed by atoms with E-state index >= 15 is 0 Å². The summed E-state index contributed by atoms with van der Waals surface area (Å²) in [5, 5.41) is 12.0. The van der Waals surface area contributed by atoms with Crippen LogP contribution in [-0.2, 0) is 22.4 Å². The van der Waals surface area contributed by atoms with E-state index in [-0.39, 0.29) is 11.8 Å². The SMILES string of the molecule is O=C(O)/C=C/C1CCN(C(=O)Cc2cccc(CC3=NCCCN3)c2)CC1. The Kier molecular flexibility index (Phi) is 6.63. The summed E-state index contributed by atoms with van der Waals surface area (Å²) in [5.74, 6) is 0.502. The summed E-state index contributed by atoms with van der Waals surface area (Å²) >= 11 is 0. The van der Waals surface area contributed by atoms with Crippen molar-refractivity contribution in [3.8, 4) is 0 Å². The van der Waals surface area contributed by atoms with Gasteiger partial charge in [0.1, 0.15) is 5.84 Å². The Morgan fingerprint density at radius 2 is 2.04 bits per heavy atom. The van der Waals surface area contributed by atoms with Crippen LogP contribution in [0.25, 0.3) is 0 Å². The Labute approximate surface area is 160 Å². The van der Waals surface area contributed by atoms with Crippen molar-refractivity contribution in [1.82, 2.24) is 10.2 Å². The first-order valence-electron chi connectivity index (χ1n) is 9.64. The van der Waals surface area contributed by atoms with Crippen LogP contribution in [0.1, 0.15) is 30.4 Å². The first-order chi connectivity index (χ1) is 13.1. The first kappa shape index (κ1) is 19.1. The van der Waals surface area contributed by atoms with Crippen LogP contribution in [0.3, 0.4) is 0 Å². The van der Waals surface area contributed by atoms with Crippen molar-refractivity contribution in [1.29, 1.82) is 0 Å². The number of hydrogen-bond donors (Lipinski definition) is 2. The highest BCUT2D eigenvalue weighted by Crippen LogP contribution is 2.19. The number of benzene rings is 1. The van der Waals surface area contributed by atoms with Crippen molar-refractivity contribution in [3.63, 3.8) is 0 Å². The molecule has 2 heterocycles. The number of amidine groups is 1. The molecule has 0 saturated carbocycles. The number of amides is 1. The molecule has 1 fully saturated rings. The Hall–Kier alpha value is -2.63. The molecule has 0 unspecified atom stereocenters. The molecule has 1 aromatic rings. The topological polar surface area (TPSA) is 82.0 Å². The smallest absolute Gasteiger partial charge is 0.327 e. The van der Waals surface area contributed by atoms with Gasteiger partial charge in [-0.25, -0.2) is 4.79 Å². The molecule has 0 aromatic heterocycles. The lowest BCUT2D eigenvalue weighted by molar-refractivity contribution is -0.132. The standard InChI is InChI=1S/C21H27N3O3/c25-20(24-11-7-16(8-12-24)5-6-21(26)27)15-18-4-1-3-17(13-18)14-19-22-9-2-10-23-19/h1,3-6,13,16H,2,7-12,14-15H2,(H,22,23)(H,26,27)/b6-5+. The van der Waals surface area contributed by atoms with Crippen molar-refractivity contribution in [2.24, 2.45) is 10.9 Å². The van der Waals surface area contributed by atoms with Gasteiger partial charge in [-0.1, -0.05) is 30.3 Å². The number of hydrogen-bond acceptors (Lipinski definition) is 4. The van der Waals surface area contributed by atoms with Crippen molar-refractivity contribution in [2.75, 3.05) is 26.2 Å². The maximum absolute atomic E-state index is 12.6. The largest absolute Gasteiger partial charge is 0.478 e. The van der Waals surface area contributed by atoms with E-state index in [0.29, 0.717) is 19.5 Å². The molecule has 2 aliphatic heterocycles. The monoisotopic (exact) mass is 369 g/mol. The van der Waals surface area contributed by atoms with Crippen LogP contribution in [0.5, 0.6) is 0 Å². The summed E-state index contributed by atoms with van der Waals surface area (Å²) < 4.78 is 0. The minimum atomic E-state index is -0.914. The third-order valence-electron chi connectivity index (χ3n) is 5.09. The van der Waals surface area contributed by atoms with Crippen molar-refractivity contribution >= 4 is 17.7 Å². The number of carbonyl (C=O) groups is 2. The fourth-order valence-corrected chi connectivity index (χ4v) is 3.59. The number of aliphatic imine (C=N–C) groups is 1. The summed E-state index contributed by atoms with van der Waals surface area (Å²) in [6, 6.07) is 8.18. The quantitative estimate of drug-likeness (QED) is 0.752. The third kappa shape index (κ3) is 5.94. The molecule has 0 atom stereocenters. The van der Waals surface area contributed by atoms with Gasteiger partial charge < -0.3 is 15.3 Å². The lowest BCUT2D eigenvalue weighted by Gasteiger charge is -2.30. The molecule has 6 heteroatoms. The first-order valence-corrected chi connectivity index (χ1v) is 9.64. The fraction of sp³-hybridized carbons (Fsp3) is 0.476. The molecule has 6 nitrogen and oxygen atoms in total. The average molecular weight is 369 g/mol. The number of piperidine rings is 1. The lowest BCUT2D eigenvalue weighted by atomic mass is 9.95. The molecule has 0 bridgehead atoms.